The summed E-state index contributed by atoms with van der Waals surface area (Å²) in [5, 5.41) is 19.6. The Morgan fingerprint density at radius 1 is 1.12 bits per heavy atom. The quantitative estimate of drug-likeness (QED) is 0.367. The number of aromatic hydroxyl groups is 1. The fourth-order valence-corrected chi connectivity index (χ4v) is 4.14. The maximum absolute atomic E-state index is 12.3. The van der Waals surface area contributed by atoms with Crippen LogP contribution in [0.25, 0.3) is 10.9 Å². The lowest BCUT2D eigenvalue weighted by Gasteiger charge is -2.19. The number of nitrogens with one attached hydrogen (secondary N) is 1. The molecule has 1 aromatic heterocycles. The zero-order valence-electron chi connectivity index (χ0n) is 19.2. The molecule has 0 aliphatic carbocycles. The van der Waals surface area contributed by atoms with Gasteiger partial charge in [0.05, 0.1) is 25.7 Å². The highest BCUT2D eigenvalue weighted by Gasteiger charge is 2.20. The maximum Gasteiger partial charge on any atom is 0.302 e. The van der Waals surface area contributed by atoms with E-state index in [-0.39, 0.29) is 18.2 Å². The lowest BCUT2D eigenvalue weighted by molar-refractivity contribution is -0.922. The second kappa shape index (κ2) is 11.8. The van der Waals surface area contributed by atoms with Crippen molar-refractivity contribution in [2.75, 3.05) is 26.8 Å². The normalized spacial score (nSPS) is 11.5. The van der Waals surface area contributed by atoms with Crippen LogP contribution >= 0.6 is 15.9 Å². The van der Waals surface area contributed by atoms with E-state index in [1.165, 1.54) is 12.0 Å². The summed E-state index contributed by atoms with van der Waals surface area (Å²) in [6, 6.07) is 12.8. The third-order valence-electron chi connectivity index (χ3n) is 5.24. The van der Waals surface area contributed by atoms with Gasteiger partial charge in [-0.25, -0.2) is 0 Å². The van der Waals surface area contributed by atoms with E-state index in [1.807, 2.05) is 28.8 Å². The smallest absolute Gasteiger partial charge is 0.302 e. The van der Waals surface area contributed by atoms with E-state index >= 15 is 0 Å². The van der Waals surface area contributed by atoms with Gasteiger partial charge in [-0.1, -0.05) is 41.9 Å². The monoisotopic (exact) mass is 517 g/mol. The van der Waals surface area contributed by atoms with Crippen LogP contribution in [0.1, 0.15) is 26.7 Å². The number of benzene rings is 2. The molecule has 0 radical (unpaired) electrons. The Hall–Kier alpha value is -2.91. The van der Waals surface area contributed by atoms with Gasteiger partial charge < -0.3 is 19.5 Å². The fourth-order valence-electron chi connectivity index (χ4n) is 3.78. The van der Waals surface area contributed by atoms with Gasteiger partial charge in [-0.2, -0.15) is 0 Å². The molecule has 0 saturated carbocycles. The number of fused-ring (bicyclic) bond motifs is 1. The number of ether oxygens (including phenoxy) is 2. The highest BCUT2D eigenvalue weighted by atomic mass is 79.9. The van der Waals surface area contributed by atoms with Gasteiger partial charge in [-0.05, 0) is 43.2 Å². The Kier molecular flexibility index (Phi) is 8.85. The third kappa shape index (κ3) is 6.11. The summed E-state index contributed by atoms with van der Waals surface area (Å²) in [4.78, 5) is 13.7. The first-order valence-corrected chi connectivity index (χ1v) is 11.8. The zero-order valence-corrected chi connectivity index (χ0v) is 20.8. The first kappa shape index (κ1) is 24.7. The van der Waals surface area contributed by atoms with Crippen molar-refractivity contribution in [1.29, 1.82) is 0 Å². The highest BCUT2D eigenvalue weighted by molar-refractivity contribution is 9.10. The number of hydrogen-bond acceptors (Lipinski definition) is 5. The van der Waals surface area contributed by atoms with Gasteiger partial charge in [-0.3, -0.25) is 9.36 Å². The van der Waals surface area contributed by atoms with E-state index in [0.717, 1.165) is 41.3 Å². The minimum Gasteiger partial charge on any atom is -0.493 e. The Morgan fingerprint density at radius 3 is 2.48 bits per heavy atom. The molecule has 0 saturated heterocycles. The molecule has 3 rings (SSSR count). The molecule has 0 spiro atoms. The van der Waals surface area contributed by atoms with Crippen LogP contribution in [0.15, 0.2) is 57.2 Å². The Bertz CT molecular complexity index is 1120. The van der Waals surface area contributed by atoms with E-state index in [0.29, 0.717) is 18.2 Å². The van der Waals surface area contributed by atoms with E-state index in [2.05, 4.69) is 40.0 Å². The maximum atomic E-state index is 12.3. The van der Waals surface area contributed by atoms with Gasteiger partial charge >= 0.3 is 5.91 Å². The number of nitrogens with zero attached hydrogens (tertiary/aromatic N) is 3. The number of hydrogen-bond donors (Lipinski definition) is 2. The molecule has 0 aliphatic rings. The number of rotatable bonds is 11. The molecule has 0 unspecified atom stereocenters. The van der Waals surface area contributed by atoms with Gasteiger partial charge in [0, 0.05) is 9.86 Å². The summed E-state index contributed by atoms with van der Waals surface area (Å²) in [5.74, 6) is 0.399. The van der Waals surface area contributed by atoms with Crippen LogP contribution in [-0.4, -0.2) is 42.4 Å². The minimum atomic E-state index is -0.569. The molecule has 1 amide bonds. The molecule has 3 aromatic rings. The van der Waals surface area contributed by atoms with Crippen LogP contribution in [0, 0.1) is 0 Å². The average Bonchev–Trinajstić information content (AvgIpc) is 3.06. The number of carbonyl (C=O) groups excluding carboxylic acids is 1. The molecule has 176 valence electrons. The van der Waals surface area contributed by atoms with Crippen LogP contribution in [-0.2, 0) is 11.5 Å². The van der Waals surface area contributed by atoms with Crippen molar-refractivity contribution in [3.63, 3.8) is 0 Å². The van der Waals surface area contributed by atoms with E-state index in [4.69, 9.17) is 9.47 Å². The van der Waals surface area contributed by atoms with Crippen molar-refractivity contribution in [2.24, 2.45) is 10.2 Å². The van der Waals surface area contributed by atoms with E-state index in [9.17, 15) is 9.90 Å². The predicted molar refractivity (Wildman–Crippen MR) is 131 cm³/mol. The molecular formula is C24H30BrN4O4+. The number of methoxy groups -OCH3 is 1. The number of halogens is 1. The third-order valence-corrected chi connectivity index (χ3v) is 5.74. The molecule has 0 bridgehead atoms. The van der Waals surface area contributed by atoms with Crippen LogP contribution in [0.4, 0.5) is 5.69 Å². The summed E-state index contributed by atoms with van der Waals surface area (Å²) in [6.07, 6.45) is 2.10. The standard InChI is InChI=1S/C24H29BrN4O4/c1-4-12-28(13-5-2)16-29-19-11-10-17(25)14-18(19)23(24(29)31)27-26-22(30)15-33-21-9-7-6-8-20(21)32-3/h6-11,14,31H,4-5,12-13,15-16H2,1-3H3/p+1. The highest BCUT2D eigenvalue weighted by Crippen LogP contribution is 2.39. The number of carbonyl (C=O) groups is 1. The molecule has 1 heterocycles. The van der Waals surface area contributed by atoms with Gasteiger partial charge in [0.15, 0.2) is 30.5 Å². The van der Waals surface area contributed by atoms with E-state index in [1.54, 1.807) is 18.2 Å². The molecule has 2 N–H and O–H groups in total. The number of quaternary nitrogens is 1. The average molecular weight is 518 g/mol. The van der Waals surface area contributed by atoms with Crippen molar-refractivity contribution in [3.8, 4) is 17.4 Å². The second-order valence-corrected chi connectivity index (χ2v) is 8.62. The van der Waals surface area contributed by atoms with Crippen LogP contribution in [0.5, 0.6) is 17.4 Å². The number of aromatic nitrogens is 1. The first-order valence-electron chi connectivity index (χ1n) is 11.0. The van der Waals surface area contributed by atoms with Crippen molar-refractivity contribution < 1.29 is 24.3 Å². The summed E-state index contributed by atoms with van der Waals surface area (Å²) >= 11 is 3.48. The number of amides is 1. The first-order chi connectivity index (χ1) is 16.0. The summed E-state index contributed by atoms with van der Waals surface area (Å²) in [7, 11) is 1.53. The predicted octanol–water partition coefficient (Wildman–Crippen LogP) is 4.47. The van der Waals surface area contributed by atoms with Crippen molar-refractivity contribution in [1.82, 2.24) is 4.57 Å². The van der Waals surface area contributed by atoms with Crippen LogP contribution in [0.2, 0.25) is 0 Å². The largest absolute Gasteiger partial charge is 0.493 e. The van der Waals surface area contributed by atoms with Crippen LogP contribution < -0.4 is 14.4 Å². The molecule has 9 heteroatoms. The molecule has 0 atom stereocenters. The fraction of sp³-hybridized carbons (Fsp3) is 0.375. The van der Waals surface area contributed by atoms with E-state index < -0.39 is 5.91 Å². The molecular weight excluding hydrogens is 488 g/mol. The molecule has 33 heavy (non-hydrogen) atoms. The van der Waals surface area contributed by atoms with Crippen LogP contribution in [0.3, 0.4) is 0 Å². The molecule has 8 nitrogen and oxygen atoms in total. The topological polar surface area (TPSA) is 89.9 Å². The summed E-state index contributed by atoms with van der Waals surface area (Å²) < 4.78 is 13.4. The Balaban J connectivity index is 1.84. The molecule has 0 fully saturated rings. The minimum absolute atomic E-state index is 0.00463. The Morgan fingerprint density at radius 2 is 1.82 bits per heavy atom. The number of para-hydroxylation sites is 2. The SMILES string of the molecule is CCC[NH+](CCC)Cn1c(O)c(N=NC(=O)COc2ccccc2OC)c2cc(Br)ccc21. The summed E-state index contributed by atoms with van der Waals surface area (Å²) in [6.45, 7) is 6.61. The second-order valence-electron chi connectivity index (χ2n) is 7.70. The van der Waals surface area contributed by atoms with Crippen molar-refractivity contribution in [3.05, 3.63) is 46.9 Å². The summed E-state index contributed by atoms with van der Waals surface area (Å²) in [5.41, 5.74) is 1.11. The number of azo groups is 1. The lowest BCUT2D eigenvalue weighted by Crippen LogP contribution is -3.11. The van der Waals surface area contributed by atoms with Gasteiger partial charge in [-0.15, -0.1) is 10.2 Å². The molecule has 0 aliphatic heterocycles. The molecule has 2 aromatic carbocycles. The van der Waals surface area contributed by atoms with Gasteiger partial charge in [0.25, 0.3) is 0 Å². The Labute approximate surface area is 201 Å². The van der Waals surface area contributed by atoms with Gasteiger partial charge in [0.2, 0.25) is 5.88 Å². The van der Waals surface area contributed by atoms with Gasteiger partial charge in [0.1, 0.15) is 0 Å². The van der Waals surface area contributed by atoms with Crippen molar-refractivity contribution in [2.45, 2.75) is 33.4 Å². The van der Waals surface area contributed by atoms with Crippen molar-refractivity contribution >= 4 is 38.4 Å². The lowest BCUT2D eigenvalue weighted by atomic mass is 10.2. The zero-order chi connectivity index (χ0) is 23.8.